The van der Waals surface area contributed by atoms with Crippen molar-refractivity contribution in [3.63, 3.8) is 0 Å². The molecule has 1 aromatic rings. The fraction of sp³-hybridized carbons (Fsp3) is 0.696. The molecule has 0 saturated carbocycles. The van der Waals surface area contributed by atoms with Crippen LogP contribution in [-0.4, -0.2) is 53.4 Å². The maximum atomic E-state index is 14.0. The molecule has 176 valence electrons. The predicted octanol–water partition coefficient (Wildman–Crippen LogP) is 5.80. The maximum Gasteiger partial charge on any atom is 0.320 e. The molecule has 1 fully saturated rings. The van der Waals surface area contributed by atoms with Gasteiger partial charge < -0.3 is 14.5 Å². The zero-order chi connectivity index (χ0) is 23.0. The van der Waals surface area contributed by atoms with Crippen LogP contribution in [-0.2, 0) is 11.3 Å². The van der Waals surface area contributed by atoms with E-state index < -0.39 is 23.0 Å². The Balaban J connectivity index is 2.17. The SMILES string of the molecule is CCCCC[C@@]1(COCc2cc(F)c(F)cc2F)C[C@@H](S)CN1C(=O)N(C)CCCC. The number of urea groups is 1. The Morgan fingerprint density at radius 3 is 2.52 bits per heavy atom. The lowest BCUT2D eigenvalue weighted by atomic mass is 9.90. The van der Waals surface area contributed by atoms with E-state index in [-0.39, 0.29) is 30.1 Å². The summed E-state index contributed by atoms with van der Waals surface area (Å²) in [6.45, 7) is 5.40. The van der Waals surface area contributed by atoms with Gasteiger partial charge in [-0.2, -0.15) is 12.6 Å². The maximum absolute atomic E-state index is 14.0. The second kappa shape index (κ2) is 12.0. The minimum Gasteiger partial charge on any atom is -0.374 e. The van der Waals surface area contributed by atoms with E-state index in [1.807, 2.05) is 4.90 Å². The number of carbonyl (C=O) groups is 1. The van der Waals surface area contributed by atoms with Crippen LogP contribution < -0.4 is 0 Å². The van der Waals surface area contributed by atoms with Gasteiger partial charge >= 0.3 is 6.03 Å². The van der Waals surface area contributed by atoms with Gasteiger partial charge in [-0.25, -0.2) is 18.0 Å². The quantitative estimate of drug-likeness (QED) is 0.257. The molecule has 4 nitrogen and oxygen atoms in total. The minimum atomic E-state index is -1.22. The van der Waals surface area contributed by atoms with E-state index in [4.69, 9.17) is 4.74 Å². The van der Waals surface area contributed by atoms with Gasteiger partial charge in [-0.1, -0.05) is 39.5 Å². The zero-order valence-electron chi connectivity index (χ0n) is 18.8. The van der Waals surface area contributed by atoms with Crippen LogP contribution in [0, 0.1) is 17.5 Å². The monoisotopic (exact) mass is 460 g/mol. The van der Waals surface area contributed by atoms with Crippen LogP contribution in [0.15, 0.2) is 12.1 Å². The Hall–Kier alpha value is -1.41. The molecule has 0 radical (unpaired) electrons. The van der Waals surface area contributed by atoms with E-state index in [2.05, 4.69) is 26.5 Å². The van der Waals surface area contributed by atoms with Gasteiger partial charge in [-0.05, 0) is 25.3 Å². The van der Waals surface area contributed by atoms with Gasteiger partial charge in [0.15, 0.2) is 11.6 Å². The number of hydrogen-bond acceptors (Lipinski definition) is 3. The Morgan fingerprint density at radius 2 is 1.84 bits per heavy atom. The zero-order valence-corrected chi connectivity index (χ0v) is 19.7. The molecule has 31 heavy (non-hydrogen) atoms. The summed E-state index contributed by atoms with van der Waals surface area (Å²) in [6, 6.07) is 1.30. The van der Waals surface area contributed by atoms with Crippen molar-refractivity contribution in [2.75, 3.05) is 26.7 Å². The standard InChI is InChI=1S/C23H35F3N2O2S/c1-4-6-8-9-23(16-30-15-17-11-20(25)21(26)12-19(17)24)13-18(31)14-28(23)22(29)27(3)10-7-5-2/h11-12,18,31H,4-10,13-16H2,1-3H3/t18-,23+/m1/s1. The van der Waals surface area contributed by atoms with Crippen molar-refractivity contribution in [3.05, 3.63) is 35.1 Å². The molecule has 1 heterocycles. The van der Waals surface area contributed by atoms with Crippen LogP contribution in [0.25, 0.3) is 0 Å². The Bertz CT molecular complexity index is 737. The number of benzene rings is 1. The first-order valence-electron chi connectivity index (χ1n) is 11.2. The van der Waals surface area contributed by atoms with Gasteiger partial charge in [0, 0.05) is 37.0 Å². The van der Waals surface area contributed by atoms with Crippen molar-refractivity contribution in [2.24, 2.45) is 0 Å². The van der Waals surface area contributed by atoms with Gasteiger partial charge in [0.25, 0.3) is 0 Å². The fourth-order valence-corrected chi connectivity index (χ4v) is 4.67. The van der Waals surface area contributed by atoms with Crippen molar-refractivity contribution in [1.29, 1.82) is 0 Å². The van der Waals surface area contributed by atoms with Crippen LogP contribution in [0.2, 0.25) is 0 Å². The van der Waals surface area contributed by atoms with Crippen LogP contribution in [0.5, 0.6) is 0 Å². The number of rotatable bonds is 11. The van der Waals surface area contributed by atoms with E-state index in [9.17, 15) is 18.0 Å². The third-order valence-corrected chi connectivity index (χ3v) is 6.30. The van der Waals surface area contributed by atoms with Gasteiger partial charge in [0.1, 0.15) is 5.82 Å². The van der Waals surface area contributed by atoms with Gasteiger partial charge in [-0.3, -0.25) is 0 Å². The van der Waals surface area contributed by atoms with Crippen molar-refractivity contribution >= 4 is 18.7 Å². The Labute approximate surface area is 189 Å². The van der Waals surface area contributed by atoms with E-state index >= 15 is 0 Å². The van der Waals surface area contributed by atoms with Gasteiger partial charge in [0.05, 0.1) is 18.8 Å². The molecule has 1 aliphatic heterocycles. The molecule has 2 rings (SSSR count). The molecular weight excluding hydrogens is 425 g/mol. The molecule has 8 heteroatoms. The van der Waals surface area contributed by atoms with Crippen LogP contribution in [0.4, 0.5) is 18.0 Å². The average Bonchev–Trinajstić information content (AvgIpc) is 3.05. The third kappa shape index (κ3) is 6.78. The topological polar surface area (TPSA) is 32.8 Å². The molecule has 0 N–H and O–H groups in total. The number of carbonyl (C=O) groups excluding carboxylic acids is 1. The average molecular weight is 461 g/mol. The summed E-state index contributed by atoms with van der Waals surface area (Å²) in [5.41, 5.74) is -0.588. The van der Waals surface area contributed by atoms with Crippen molar-refractivity contribution in [1.82, 2.24) is 9.80 Å². The summed E-state index contributed by atoms with van der Waals surface area (Å²) < 4.78 is 46.5. The van der Waals surface area contributed by atoms with E-state index in [1.54, 1.807) is 11.9 Å². The number of unbranched alkanes of at least 4 members (excludes halogenated alkanes) is 3. The summed E-state index contributed by atoms with van der Waals surface area (Å²) in [5, 5.41) is 0.0220. The van der Waals surface area contributed by atoms with Crippen molar-refractivity contribution < 1.29 is 22.7 Å². The number of ether oxygens (including phenoxy) is 1. The number of hydrogen-bond donors (Lipinski definition) is 1. The number of thiol groups is 1. The molecule has 1 aliphatic rings. The lowest BCUT2D eigenvalue weighted by molar-refractivity contribution is 0.00943. The number of likely N-dealkylation sites (tertiary alicyclic amines) is 1. The lowest BCUT2D eigenvalue weighted by Crippen LogP contribution is -2.54. The van der Waals surface area contributed by atoms with Crippen LogP contribution in [0.1, 0.15) is 64.4 Å². The highest BCUT2D eigenvalue weighted by Gasteiger charge is 2.47. The van der Waals surface area contributed by atoms with Crippen molar-refractivity contribution in [3.8, 4) is 0 Å². The molecule has 0 aliphatic carbocycles. The van der Waals surface area contributed by atoms with Gasteiger partial charge in [0.2, 0.25) is 0 Å². The molecule has 1 aromatic carbocycles. The first-order chi connectivity index (χ1) is 14.7. The summed E-state index contributed by atoms with van der Waals surface area (Å²) in [5.74, 6) is -3.18. The Morgan fingerprint density at radius 1 is 1.16 bits per heavy atom. The molecular formula is C23H35F3N2O2S. The molecule has 0 aromatic heterocycles. The normalized spacial score (nSPS) is 21.0. The summed E-state index contributed by atoms with van der Waals surface area (Å²) in [6.07, 6.45) is 6.37. The molecule has 1 saturated heterocycles. The van der Waals surface area contributed by atoms with Crippen molar-refractivity contribution in [2.45, 2.75) is 76.2 Å². The molecule has 2 amide bonds. The summed E-state index contributed by atoms with van der Waals surface area (Å²) in [4.78, 5) is 16.8. The molecule has 0 bridgehead atoms. The highest BCUT2D eigenvalue weighted by Crippen LogP contribution is 2.38. The van der Waals surface area contributed by atoms with E-state index in [0.29, 0.717) is 25.6 Å². The third-order valence-electron chi connectivity index (χ3n) is 5.95. The number of halogens is 3. The van der Waals surface area contributed by atoms with Crippen LogP contribution >= 0.6 is 12.6 Å². The molecule has 0 unspecified atom stereocenters. The number of nitrogens with zero attached hydrogens (tertiary/aromatic N) is 2. The second-order valence-electron chi connectivity index (χ2n) is 8.56. The summed E-state index contributed by atoms with van der Waals surface area (Å²) >= 11 is 4.66. The van der Waals surface area contributed by atoms with E-state index in [1.165, 1.54) is 0 Å². The Kier molecular flexibility index (Phi) is 10.0. The molecule has 2 atom stereocenters. The molecule has 0 spiro atoms. The first-order valence-corrected chi connectivity index (χ1v) is 11.7. The minimum absolute atomic E-state index is 0.0220. The highest BCUT2D eigenvalue weighted by atomic mass is 32.1. The summed E-state index contributed by atoms with van der Waals surface area (Å²) in [7, 11) is 1.80. The van der Waals surface area contributed by atoms with E-state index in [0.717, 1.165) is 44.6 Å². The smallest absolute Gasteiger partial charge is 0.320 e. The second-order valence-corrected chi connectivity index (χ2v) is 9.29. The first kappa shape index (κ1) is 25.8. The lowest BCUT2D eigenvalue weighted by Gasteiger charge is -2.40. The predicted molar refractivity (Wildman–Crippen MR) is 120 cm³/mol. The van der Waals surface area contributed by atoms with Gasteiger partial charge in [-0.15, -0.1) is 0 Å². The largest absolute Gasteiger partial charge is 0.374 e. The number of amides is 2. The van der Waals surface area contributed by atoms with Crippen LogP contribution in [0.3, 0.4) is 0 Å². The fourth-order valence-electron chi connectivity index (χ4n) is 4.17. The highest BCUT2D eigenvalue weighted by molar-refractivity contribution is 7.81.